The summed E-state index contributed by atoms with van der Waals surface area (Å²) in [5, 5.41) is 4.41. The minimum absolute atomic E-state index is 0.263. The van der Waals surface area contributed by atoms with Gasteiger partial charge in [-0.05, 0) is 50.1 Å². The molecule has 0 radical (unpaired) electrons. The summed E-state index contributed by atoms with van der Waals surface area (Å²) in [6.07, 6.45) is 2.08. The smallest absolute Gasteiger partial charge is 0.126 e. The minimum atomic E-state index is 0.263. The average Bonchev–Trinajstić information content (AvgIpc) is 2.42. The fourth-order valence-electron chi connectivity index (χ4n) is 1.97. The van der Waals surface area contributed by atoms with Gasteiger partial charge in [0.25, 0.3) is 0 Å². The fourth-order valence-corrected chi connectivity index (χ4v) is 1.97. The molecule has 1 aromatic carbocycles. The van der Waals surface area contributed by atoms with Crippen LogP contribution in [-0.4, -0.2) is 24.7 Å². The summed E-state index contributed by atoms with van der Waals surface area (Å²) in [6.45, 7) is 2.93. The molecule has 4 heteroatoms. The van der Waals surface area contributed by atoms with Crippen molar-refractivity contribution in [2.45, 2.75) is 25.8 Å². The van der Waals surface area contributed by atoms with Crippen molar-refractivity contribution in [2.24, 2.45) is 5.73 Å². The van der Waals surface area contributed by atoms with Crippen LogP contribution in [0.5, 0.6) is 5.75 Å². The molecule has 0 aliphatic carbocycles. The number of nitrogens with two attached hydrogens (primary N) is 1. The van der Waals surface area contributed by atoms with Crippen LogP contribution in [0.1, 0.15) is 19.8 Å². The molecular weight excluding hydrogens is 238 g/mol. The third-order valence-electron chi connectivity index (χ3n) is 3.04. The zero-order valence-electron chi connectivity index (χ0n) is 11.5. The van der Waals surface area contributed by atoms with Crippen LogP contribution >= 0.6 is 0 Å². The van der Waals surface area contributed by atoms with Gasteiger partial charge in [0.05, 0.1) is 12.6 Å². The van der Waals surface area contributed by atoms with Crippen molar-refractivity contribution in [3.05, 3.63) is 30.3 Å². The van der Waals surface area contributed by atoms with Crippen molar-refractivity contribution in [1.82, 2.24) is 4.98 Å². The van der Waals surface area contributed by atoms with Gasteiger partial charge in [0.2, 0.25) is 0 Å². The highest BCUT2D eigenvalue weighted by Gasteiger charge is 2.00. The third-order valence-corrected chi connectivity index (χ3v) is 3.04. The zero-order chi connectivity index (χ0) is 13.7. The number of hydrogen-bond donors (Lipinski definition) is 2. The predicted octanol–water partition coefficient (Wildman–Crippen LogP) is 2.78. The summed E-state index contributed by atoms with van der Waals surface area (Å²) in [4.78, 5) is 4.57. The molecule has 0 aliphatic heterocycles. The summed E-state index contributed by atoms with van der Waals surface area (Å²) in [5.74, 6) is 1.76. The number of rotatable bonds is 6. The summed E-state index contributed by atoms with van der Waals surface area (Å²) in [5.41, 5.74) is 6.69. The van der Waals surface area contributed by atoms with Gasteiger partial charge < -0.3 is 15.8 Å². The number of nitrogens with one attached hydrogen (secondary N) is 1. The number of ether oxygens (including phenoxy) is 1. The number of methoxy groups -OCH3 is 1. The average molecular weight is 259 g/mol. The molecule has 1 aromatic heterocycles. The minimum Gasteiger partial charge on any atom is -0.497 e. The number of pyridine rings is 1. The van der Waals surface area contributed by atoms with Gasteiger partial charge in [0, 0.05) is 18.0 Å². The van der Waals surface area contributed by atoms with Gasteiger partial charge >= 0.3 is 0 Å². The number of fused-ring (bicyclic) bond motifs is 1. The van der Waals surface area contributed by atoms with Gasteiger partial charge in [0.1, 0.15) is 11.6 Å². The number of aromatic nitrogens is 1. The van der Waals surface area contributed by atoms with E-state index in [0.717, 1.165) is 41.9 Å². The first-order valence-electron chi connectivity index (χ1n) is 6.63. The topological polar surface area (TPSA) is 60.2 Å². The number of anilines is 1. The normalized spacial score (nSPS) is 12.4. The van der Waals surface area contributed by atoms with Gasteiger partial charge in [-0.15, -0.1) is 0 Å². The highest BCUT2D eigenvalue weighted by atomic mass is 16.5. The van der Waals surface area contributed by atoms with E-state index in [9.17, 15) is 0 Å². The van der Waals surface area contributed by atoms with E-state index in [4.69, 9.17) is 10.5 Å². The van der Waals surface area contributed by atoms with Crippen LogP contribution < -0.4 is 15.8 Å². The molecule has 0 saturated heterocycles. The molecule has 2 rings (SSSR count). The van der Waals surface area contributed by atoms with E-state index in [1.165, 1.54) is 0 Å². The molecule has 0 aliphatic rings. The lowest BCUT2D eigenvalue weighted by Gasteiger charge is -2.08. The van der Waals surface area contributed by atoms with Gasteiger partial charge in [0.15, 0.2) is 0 Å². The largest absolute Gasteiger partial charge is 0.497 e. The Labute approximate surface area is 114 Å². The van der Waals surface area contributed by atoms with Crippen LogP contribution in [0.4, 0.5) is 5.82 Å². The zero-order valence-corrected chi connectivity index (χ0v) is 11.5. The number of nitrogens with zero attached hydrogens (tertiary/aromatic N) is 1. The Balaban J connectivity index is 2.01. The second-order valence-corrected chi connectivity index (χ2v) is 4.80. The summed E-state index contributed by atoms with van der Waals surface area (Å²) >= 11 is 0. The van der Waals surface area contributed by atoms with Gasteiger partial charge in [-0.3, -0.25) is 0 Å². The molecule has 102 valence electrons. The van der Waals surface area contributed by atoms with Crippen LogP contribution in [0.15, 0.2) is 30.3 Å². The maximum absolute atomic E-state index is 5.72. The lowest BCUT2D eigenvalue weighted by molar-refractivity contribution is 0.415. The standard InChI is InChI=1S/C15H21N3O/c1-11(16)4-3-9-17-15-8-5-12-10-13(19-2)6-7-14(12)18-15/h5-8,10-11H,3-4,9,16H2,1-2H3,(H,17,18). The van der Waals surface area contributed by atoms with E-state index < -0.39 is 0 Å². The van der Waals surface area contributed by atoms with Crippen LogP contribution in [-0.2, 0) is 0 Å². The molecule has 0 fully saturated rings. The fraction of sp³-hybridized carbons (Fsp3) is 0.400. The van der Waals surface area contributed by atoms with Crippen LogP contribution in [0.3, 0.4) is 0 Å². The van der Waals surface area contributed by atoms with Gasteiger partial charge in [-0.25, -0.2) is 4.98 Å². The first-order valence-corrected chi connectivity index (χ1v) is 6.63. The SMILES string of the molecule is COc1ccc2nc(NCCCC(C)N)ccc2c1. The quantitative estimate of drug-likeness (QED) is 0.783. The van der Waals surface area contributed by atoms with Crippen LogP contribution in [0.25, 0.3) is 10.9 Å². The maximum atomic E-state index is 5.72. The predicted molar refractivity (Wildman–Crippen MR) is 79.7 cm³/mol. The van der Waals surface area contributed by atoms with Crippen LogP contribution in [0, 0.1) is 0 Å². The molecule has 2 aromatic rings. The molecule has 4 nitrogen and oxygen atoms in total. The second kappa shape index (κ2) is 6.38. The molecule has 1 heterocycles. The highest BCUT2D eigenvalue weighted by molar-refractivity contribution is 5.81. The maximum Gasteiger partial charge on any atom is 0.126 e. The van der Waals surface area contributed by atoms with E-state index in [0.29, 0.717) is 0 Å². The second-order valence-electron chi connectivity index (χ2n) is 4.80. The molecule has 19 heavy (non-hydrogen) atoms. The van der Waals surface area contributed by atoms with Crippen molar-refractivity contribution < 1.29 is 4.74 Å². The van der Waals surface area contributed by atoms with Crippen molar-refractivity contribution in [2.75, 3.05) is 19.0 Å². The summed E-state index contributed by atoms with van der Waals surface area (Å²) in [6, 6.07) is 10.2. The van der Waals surface area contributed by atoms with Crippen molar-refractivity contribution in [1.29, 1.82) is 0 Å². The van der Waals surface area contributed by atoms with E-state index in [1.807, 2.05) is 31.2 Å². The lowest BCUT2D eigenvalue weighted by Crippen LogP contribution is -2.16. The molecule has 0 bridgehead atoms. The van der Waals surface area contributed by atoms with Gasteiger partial charge in [-0.1, -0.05) is 0 Å². The van der Waals surface area contributed by atoms with Crippen molar-refractivity contribution >= 4 is 16.7 Å². The molecular formula is C15H21N3O. The number of hydrogen-bond acceptors (Lipinski definition) is 4. The van der Waals surface area contributed by atoms with Crippen molar-refractivity contribution in [3.63, 3.8) is 0 Å². The monoisotopic (exact) mass is 259 g/mol. The van der Waals surface area contributed by atoms with E-state index in [2.05, 4.69) is 16.4 Å². The summed E-state index contributed by atoms with van der Waals surface area (Å²) in [7, 11) is 1.67. The Morgan fingerprint density at radius 3 is 2.89 bits per heavy atom. The first kappa shape index (κ1) is 13.6. The molecule has 1 atom stereocenters. The van der Waals surface area contributed by atoms with Crippen molar-refractivity contribution in [3.8, 4) is 5.75 Å². The Morgan fingerprint density at radius 1 is 1.32 bits per heavy atom. The third kappa shape index (κ3) is 3.83. The molecule has 1 unspecified atom stereocenters. The number of benzene rings is 1. The Hall–Kier alpha value is -1.81. The first-order chi connectivity index (χ1) is 9.19. The molecule has 0 saturated carbocycles. The Morgan fingerprint density at radius 2 is 2.16 bits per heavy atom. The molecule has 0 spiro atoms. The van der Waals surface area contributed by atoms with E-state index in [1.54, 1.807) is 7.11 Å². The molecule has 3 N–H and O–H groups in total. The van der Waals surface area contributed by atoms with E-state index >= 15 is 0 Å². The van der Waals surface area contributed by atoms with E-state index in [-0.39, 0.29) is 6.04 Å². The van der Waals surface area contributed by atoms with Crippen LogP contribution in [0.2, 0.25) is 0 Å². The van der Waals surface area contributed by atoms with Gasteiger partial charge in [-0.2, -0.15) is 0 Å². The lowest BCUT2D eigenvalue weighted by atomic mass is 10.2. The highest BCUT2D eigenvalue weighted by Crippen LogP contribution is 2.20. The Bertz CT molecular complexity index is 540. The molecule has 0 amide bonds. The summed E-state index contributed by atoms with van der Waals surface area (Å²) < 4.78 is 5.20. The Kier molecular flexibility index (Phi) is 4.58.